The molecule has 1 saturated carbocycles. The third-order valence-electron chi connectivity index (χ3n) is 6.46. The summed E-state index contributed by atoms with van der Waals surface area (Å²) in [5.74, 6) is 2.35. The fourth-order valence-corrected chi connectivity index (χ4v) is 4.64. The predicted octanol–water partition coefficient (Wildman–Crippen LogP) is 4.66. The van der Waals surface area contributed by atoms with Crippen LogP contribution in [0.25, 0.3) is 22.3 Å². The van der Waals surface area contributed by atoms with Crippen molar-refractivity contribution in [1.29, 1.82) is 0 Å². The van der Waals surface area contributed by atoms with Gasteiger partial charge in [0.25, 0.3) is 0 Å². The summed E-state index contributed by atoms with van der Waals surface area (Å²) in [6.07, 6.45) is 6.95. The lowest BCUT2D eigenvalue weighted by molar-refractivity contribution is 0.401. The SMILES string of the molecule is COc1c(C)c(-c2cnc(N(C)S(C)(=O)=O)nc2)c(OC)c(C)c1-c1ccc(NCC2CC2)cc1. The van der Waals surface area contributed by atoms with E-state index in [0.29, 0.717) is 11.3 Å². The highest BCUT2D eigenvalue weighted by Gasteiger charge is 2.25. The number of nitrogens with zero attached hydrogens (tertiary/aromatic N) is 3. The molecule has 35 heavy (non-hydrogen) atoms. The van der Waals surface area contributed by atoms with E-state index in [1.54, 1.807) is 26.6 Å². The van der Waals surface area contributed by atoms with Crippen molar-refractivity contribution in [2.75, 3.05) is 43.7 Å². The van der Waals surface area contributed by atoms with Crippen molar-refractivity contribution in [3.63, 3.8) is 0 Å². The Morgan fingerprint density at radius 2 is 1.46 bits per heavy atom. The van der Waals surface area contributed by atoms with Crippen LogP contribution in [-0.4, -0.2) is 52.5 Å². The zero-order chi connectivity index (χ0) is 25.3. The van der Waals surface area contributed by atoms with Gasteiger partial charge in [0.05, 0.1) is 20.5 Å². The van der Waals surface area contributed by atoms with Crippen molar-refractivity contribution in [3.05, 3.63) is 47.8 Å². The molecule has 1 aliphatic rings. The third-order valence-corrected chi connectivity index (χ3v) is 7.62. The molecule has 0 saturated heterocycles. The van der Waals surface area contributed by atoms with Crippen molar-refractivity contribution in [1.82, 2.24) is 9.97 Å². The molecule has 4 rings (SSSR count). The van der Waals surface area contributed by atoms with Crippen LogP contribution in [0, 0.1) is 19.8 Å². The lowest BCUT2D eigenvalue weighted by atomic mass is 9.90. The van der Waals surface area contributed by atoms with E-state index in [0.717, 1.165) is 62.3 Å². The first-order valence-corrected chi connectivity index (χ1v) is 13.4. The summed E-state index contributed by atoms with van der Waals surface area (Å²) < 4.78 is 36.5. The van der Waals surface area contributed by atoms with Crippen LogP contribution in [0.3, 0.4) is 0 Å². The topological polar surface area (TPSA) is 93.7 Å². The molecule has 0 bridgehead atoms. The number of sulfonamides is 1. The van der Waals surface area contributed by atoms with Gasteiger partial charge in [-0.25, -0.2) is 22.7 Å². The Hall–Kier alpha value is -3.33. The molecule has 1 fully saturated rings. The summed E-state index contributed by atoms with van der Waals surface area (Å²) in [5, 5.41) is 3.50. The van der Waals surface area contributed by atoms with Gasteiger partial charge in [-0.3, -0.25) is 0 Å². The number of anilines is 2. The number of rotatable bonds is 9. The van der Waals surface area contributed by atoms with Crippen LogP contribution in [-0.2, 0) is 10.0 Å². The second kappa shape index (κ2) is 9.73. The first-order valence-electron chi connectivity index (χ1n) is 11.5. The van der Waals surface area contributed by atoms with E-state index in [4.69, 9.17) is 9.47 Å². The molecule has 186 valence electrons. The number of aromatic nitrogens is 2. The molecule has 2 aromatic carbocycles. The monoisotopic (exact) mass is 496 g/mol. The maximum absolute atomic E-state index is 11.8. The fraction of sp³-hybridized carbons (Fsp3) is 0.385. The minimum absolute atomic E-state index is 0.101. The quantitative estimate of drug-likeness (QED) is 0.460. The second-order valence-electron chi connectivity index (χ2n) is 8.97. The fourth-order valence-electron chi connectivity index (χ4n) is 4.25. The van der Waals surface area contributed by atoms with Gasteiger partial charge in [-0.1, -0.05) is 12.1 Å². The first kappa shape index (κ1) is 24.8. The van der Waals surface area contributed by atoms with Crippen molar-refractivity contribution in [3.8, 4) is 33.8 Å². The molecular weight excluding hydrogens is 464 g/mol. The van der Waals surface area contributed by atoms with Crippen LogP contribution < -0.4 is 19.1 Å². The van der Waals surface area contributed by atoms with Gasteiger partial charge < -0.3 is 14.8 Å². The Labute approximate surface area is 207 Å². The Kier molecular flexibility index (Phi) is 6.89. The van der Waals surface area contributed by atoms with E-state index >= 15 is 0 Å². The van der Waals surface area contributed by atoms with E-state index in [1.165, 1.54) is 19.9 Å². The van der Waals surface area contributed by atoms with Crippen molar-refractivity contribution in [2.24, 2.45) is 5.92 Å². The number of nitrogens with one attached hydrogen (secondary N) is 1. The first-order chi connectivity index (χ1) is 16.7. The minimum atomic E-state index is -3.46. The average Bonchev–Trinajstić information content (AvgIpc) is 3.67. The Bertz CT molecular complexity index is 1320. The van der Waals surface area contributed by atoms with Gasteiger partial charge in [-0.15, -0.1) is 0 Å². The smallest absolute Gasteiger partial charge is 0.238 e. The molecule has 0 unspecified atom stereocenters. The molecule has 0 amide bonds. The van der Waals surface area contributed by atoms with Crippen molar-refractivity contribution in [2.45, 2.75) is 26.7 Å². The van der Waals surface area contributed by atoms with E-state index in [1.807, 2.05) is 13.8 Å². The summed E-state index contributed by atoms with van der Waals surface area (Å²) in [4.78, 5) is 8.56. The van der Waals surface area contributed by atoms with Gasteiger partial charge in [-0.2, -0.15) is 0 Å². The minimum Gasteiger partial charge on any atom is -0.496 e. The van der Waals surface area contributed by atoms with Crippen LogP contribution in [0.15, 0.2) is 36.7 Å². The van der Waals surface area contributed by atoms with Crippen LogP contribution in [0.5, 0.6) is 11.5 Å². The van der Waals surface area contributed by atoms with Gasteiger partial charge in [-0.05, 0) is 50.3 Å². The van der Waals surface area contributed by atoms with E-state index in [2.05, 4.69) is 39.6 Å². The number of ether oxygens (including phenoxy) is 2. The summed E-state index contributed by atoms with van der Waals surface area (Å²) in [6.45, 7) is 5.00. The Morgan fingerprint density at radius 3 is 1.91 bits per heavy atom. The highest BCUT2D eigenvalue weighted by molar-refractivity contribution is 7.92. The molecule has 1 aromatic heterocycles. The predicted molar refractivity (Wildman–Crippen MR) is 140 cm³/mol. The van der Waals surface area contributed by atoms with Crippen molar-refractivity contribution < 1.29 is 17.9 Å². The summed E-state index contributed by atoms with van der Waals surface area (Å²) in [6, 6.07) is 8.38. The summed E-state index contributed by atoms with van der Waals surface area (Å²) >= 11 is 0. The van der Waals surface area contributed by atoms with E-state index < -0.39 is 10.0 Å². The zero-order valence-corrected chi connectivity index (χ0v) is 21.9. The molecule has 1 heterocycles. The van der Waals surface area contributed by atoms with Gasteiger partial charge in [0.1, 0.15) is 11.5 Å². The molecule has 0 radical (unpaired) electrons. The van der Waals surface area contributed by atoms with Crippen LogP contribution in [0.4, 0.5) is 11.6 Å². The molecule has 3 aromatic rings. The molecule has 9 heteroatoms. The van der Waals surface area contributed by atoms with Gasteiger partial charge in [0.2, 0.25) is 16.0 Å². The number of hydrogen-bond acceptors (Lipinski definition) is 7. The molecule has 0 atom stereocenters. The van der Waals surface area contributed by atoms with Crippen molar-refractivity contribution >= 4 is 21.7 Å². The molecule has 8 nitrogen and oxygen atoms in total. The number of benzene rings is 2. The number of methoxy groups -OCH3 is 2. The van der Waals surface area contributed by atoms with Crippen LogP contribution in [0.1, 0.15) is 24.0 Å². The zero-order valence-electron chi connectivity index (χ0n) is 21.0. The summed E-state index contributed by atoms with van der Waals surface area (Å²) in [7, 11) is 1.26. The van der Waals surface area contributed by atoms with Crippen LogP contribution in [0.2, 0.25) is 0 Å². The standard InChI is InChI=1S/C26H32N4O4S/c1-16-22(19-9-11-21(12-10-19)27-13-18-7-8-18)24(33-4)17(2)23(25(16)34-5)20-14-28-26(29-15-20)30(3)35(6,31)32/h9-12,14-15,18,27H,7-8,13H2,1-6H3. The largest absolute Gasteiger partial charge is 0.496 e. The third kappa shape index (κ3) is 5.05. The van der Waals surface area contributed by atoms with Crippen LogP contribution >= 0.6 is 0 Å². The summed E-state index contributed by atoms with van der Waals surface area (Å²) in [5.41, 5.74) is 6.43. The maximum Gasteiger partial charge on any atom is 0.238 e. The Morgan fingerprint density at radius 1 is 0.943 bits per heavy atom. The highest BCUT2D eigenvalue weighted by atomic mass is 32.2. The Balaban J connectivity index is 1.76. The van der Waals surface area contributed by atoms with E-state index in [9.17, 15) is 8.42 Å². The molecule has 0 aliphatic heterocycles. The van der Waals surface area contributed by atoms with Gasteiger partial charge in [0, 0.05) is 59.5 Å². The normalized spacial score (nSPS) is 13.4. The molecule has 1 N–H and O–H groups in total. The molecule has 1 aliphatic carbocycles. The average molecular weight is 497 g/mol. The van der Waals surface area contributed by atoms with Gasteiger partial charge in [0.15, 0.2) is 0 Å². The second-order valence-corrected chi connectivity index (χ2v) is 11.0. The highest BCUT2D eigenvalue weighted by Crippen LogP contribution is 2.48. The maximum atomic E-state index is 11.8. The lowest BCUT2D eigenvalue weighted by Gasteiger charge is -2.23. The lowest BCUT2D eigenvalue weighted by Crippen LogP contribution is -2.26. The molecule has 0 spiro atoms. The molecular formula is C26H32N4O4S. The number of hydrogen-bond donors (Lipinski definition) is 1. The van der Waals surface area contributed by atoms with E-state index in [-0.39, 0.29) is 5.95 Å². The van der Waals surface area contributed by atoms with Gasteiger partial charge >= 0.3 is 0 Å².